The molecule has 1 fully saturated rings. The fourth-order valence-corrected chi connectivity index (χ4v) is 4.24. The van der Waals surface area contributed by atoms with E-state index in [-0.39, 0.29) is 17.9 Å². The number of benzene rings is 1. The molecule has 1 aromatic rings. The molecule has 2 heterocycles. The number of hydrogen-bond acceptors (Lipinski definition) is 12. The first-order chi connectivity index (χ1) is 16.2. The van der Waals surface area contributed by atoms with E-state index in [1.165, 1.54) is 18.4 Å². The first-order valence-corrected chi connectivity index (χ1v) is 10.6. The molecule has 12 nitrogen and oxygen atoms in total. The van der Waals surface area contributed by atoms with Crippen LogP contribution in [-0.4, -0.2) is 98.0 Å². The number of aliphatic hydroxyl groups excluding tert-OH is 5. The van der Waals surface area contributed by atoms with Gasteiger partial charge in [0.25, 0.3) is 0 Å². The van der Waals surface area contributed by atoms with Crippen molar-refractivity contribution in [2.45, 2.75) is 43.1 Å². The number of carbonyl (C=O) groups excluding carboxylic acids is 1. The van der Waals surface area contributed by atoms with Gasteiger partial charge in [-0.15, -0.1) is 0 Å². The van der Waals surface area contributed by atoms with E-state index in [2.05, 4.69) is 0 Å². The average molecular weight is 482 g/mol. The van der Waals surface area contributed by atoms with Gasteiger partial charge in [-0.2, -0.15) is 0 Å². The second kappa shape index (κ2) is 9.88. The molecule has 0 radical (unpaired) electrons. The van der Waals surface area contributed by atoms with E-state index in [1.54, 1.807) is 6.08 Å². The molecule has 34 heavy (non-hydrogen) atoms. The zero-order chi connectivity index (χ0) is 24.6. The van der Waals surface area contributed by atoms with Gasteiger partial charge in [0.1, 0.15) is 31.0 Å². The number of aliphatic hydroxyl groups is 5. The zero-order valence-electron chi connectivity index (χ0n) is 17.7. The summed E-state index contributed by atoms with van der Waals surface area (Å²) in [5, 5.41) is 69.0. The standard InChI is InChI=1S/C22H26O12/c23-7-15-17(27)18(28)19(29)22(33-15)34-21-16-10(6-13(25)11(16)3-4-31-21)8-32-20(30)9-1-2-12(24)14(26)5-9/h1-6,11,13,15-19,21-29H,7-8H2/t11-,13+,15-,16-,17+,18+,19-,21+,22+/m1/s1. The number of carbonyl (C=O) groups is 1. The van der Waals surface area contributed by atoms with Gasteiger partial charge in [-0.05, 0) is 29.8 Å². The Morgan fingerprint density at radius 3 is 2.47 bits per heavy atom. The topological polar surface area (TPSA) is 196 Å². The van der Waals surface area contributed by atoms with Gasteiger partial charge in [-0.1, -0.05) is 6.08 Å². The summed E-state index contributed by atoms with van der Waals surface area (Å²) in [6.45, 7) is -0.890. The first kappa shape index (κ1) is 24.4. The molecular formula is C22H26O12. The summed E-state index contributed by atoms with van der Waals surface area (Å²) in [6, 6.07) is 3.47. The Hall–Kier alpha value is -2.71. The quantitative estimate of drug-likeness (QED) is 0.141. The molecule has 12 heteroatoms. The molecule has 9 atom stereocenters. The number of aromatic hydroxyl groups is 2. The van der Waals surface area contributed by atoms with E-state index < -0.39 is 73.3 Å². The van der Waals surface area contributed by atoms with Crippen molar-refractivity contribution in [1.29, 1.82) is 0 Å². The second-order valence-corrected chi connectivity index (χ2v) is 8.28. The van der Waals surface area contributed by atoms with Gasteiger partial charge >= 0.3 is 5.97 Å². The van der Waals surface area contributed by atoms with Crippen molar-refractivity contribution in [1.82, 2.24) is 0 Å². The fraction of sp³-hybridized carbons (Fsp3) is 0.500. The molecule has 0 saturated carbocycles. The van der Waals surface area contributed by atoms with Gasteiger partial charge in [0.15, 0.2) is 17.8 Å². The highest BCUT2D eigenvalue weighted by Crippen LogP contribution is 2.41. The molecule has 2 aliphatic heterocycles. The highest BCUT2D eigenvalue weighted by atomic mass is 16.8. The van der Waals surface area contributed by atoms with Gasteiger partial charge in [0.2, 0.25) is 6.29 Å². The van der Waals surface area contributed by atoms with Crippen LogP contribution in [0.4, 0.5) is 0 Å². The lowest BCUT2D eigenvalue weighted by Crippen LogP contribution is -2.60. The summed E-state index contributed by atoms with van der Waals surface area (Å²) < 4.78 is 21.9. The van der Waals surface area contributed by atoms with Crippen LogP contribution < -0.4 is 0 Å². The number of ether oxygens (including phenoxy) is 4. The lowest BCUT2D eigenvalue weighted by molar-refractivity contribution is -0.339. The van der Waals surface area contributed by atoms with Gasteiger partial charge in [0, 0.05) is 5.92 Å². The largest absolute Gasteiger partial charge is 0.504 e. The molecule has 3 aliphatic rings. The maximum atomic E-state index is 12.4. The van der Waals surface area contributed by atoms with E-state index in [0.717, 1.165) is 12.1 Å². The summed E-state index contributed by atoms with van der Waals surface area (Å²) in [4.78, 5) is 12.4. The van der Waals surface area contributed by atoms with Gasteiger partial charge in [-0.3, -0.25) is 0 Å². The third-order valence-corrected chi connectivity index (χ3v) is 6.13. The smallest absolute Gasteiger partial charge is 0.338 e. The molecule has 0 aromatic heterocycles. The van der Waals surface area contributed by atoms with Crippen LogP contribution in [-0.2, 0) is 18.9 Å². The molecule has 0 bridgehead atoms. The summed E-state index contributed by atoms with van der Waals surface area (Å²) in [5.41, 5.74) is 0.452. The van der Waals surface area contributed by atoms with Crippen molar-refractivity contribution in [3.63, 3.8) is 0 Å². The van der Waals surface area contributed by atoms with Crippen molar-refractivity contribution in [2.24, 2.45) is 11.8 Å². The molecule has 1 aliphatic carbocycles. The molecule has 1 aromatic carbocycles. The maximum absolute atomic E-state index is 12.4. The van der Waals surface area contributed by atoms with E-state index in [4.69, 9.17) is 18.9 Å². The lowest BCUT2D eigenvalue weighted by Gasteiger charge is -2.42. The van der Waals surface area contributed by atoms with Crippen LogP contribution >= 0.6 is 0 Å². The van der Waals surface area contributed by atoms with Gasteiger partial charge < -0.3 is 54.7 Å². The molecule has 0 unspecified atom stereocenters. The Morgan fingerprint density at radius 2 is 1.76 bits per heavy atom. The van der Waals surface area contributed by atoms with Crippen molar-refractivity contribution < 1.29 is 59.5 Å². The lowest BCUT2D eigenvalue weighted by atomic mass is 9.88. The predicted octanol–water partition coefficient (Wildman–Crippen LogP) is -1.53. The highest BCUT2D eigenvalue weighted by molar-refractivity contribution is 5.90. The Bertz CT molecular complexity index is 959. The van der Waals surface area contributed by atoms with Crippen LogP contribution in [0.15, 0.2) is 42.2 Å². The third kappa shape index (κ3) is 4.61. The summed E-state index contributed by atoms with van der Waals surface area (Å²) in [6.07, 6.45) is -5.16. The molecule has 1 saturated heterocycles. The monoisotopic (exact) mass is 482 g/mol. The van der Waals surface area contributed by atoms with Crippen molar-refractivity contribution in [3.8, 4) is 11.5 Å². The minimum Gasteiger partial charge on any atom is -0.504 e. The Labute approximate surface area is 193 Å². The number of phenolic OH excluding ortho intramolecular Hbond substituents is 2. The number of fused-ring (bicyclic) bond motifs is 1. The number of phenols is 2. The summed E-state index contributed by atoms with van der Waals surface area (Å²) >= 11 is 0. The van der Waals surface area contributed by atoms with Gasteiger partial charge in [0.05, 0.1) is 30.5 Å². The fourth-order valence-electron chi connectivity index (χ4n) is 4.24. The SMILES string of the molecule is O=C(OCC1=C[C@H](O)[C@H]2C=CO[C@@H](O[C@@H]3O[C@H](CO)[C@H](O)[C@H](O)[C@H]3O)[C@H]12)c1ccc(O)c(O)c1. The van der Waals surface area contributed by atoms with Crippen molar-refractivity contribution in [2.75, 3.05) is 13.2 Å². The van der Waals surface area contributed by atoms with Crippen LogP contribution in [0.1, 0.15) is 10.4 Å². The van der Waals surface area contributed by atoms with E-state index >= 15 is 0 Å². The molecule has 0 amide bonds. The van der Waals surface area contributed by atoms with Crippen molar-refractivity contribution in [3.05, 3.63) is 47.7 Å². The minimum absolute atomic E-state index is 0.0000890. The number of hydrogen-bond donors (Lipinski definition) is 7. The summed E-state index contributed by atoms with van der Waals surface area (Å²) in [7, 11) is 0. The zero-order valence-corrected chi connectivity index (χ0v) is 17.7. The molecule has 7 N–H and O–H groups in total. The third-order valence-electron chi connectivity index (χ3n) is 6.13. The highest BCUT2D eigenvalue weighted by Gasteiger charge is 2.49. The van der Waals surface area contributed by atoms with Crippen LogP contribution in [0.25, 0.3) is 0 Å². The Morgan fingerprint density at radius 1 is 1.00 bits per heavy atom. The normalized spacial score (nSPS) is 37.0. The van der Waals surface area contributed by atoms with Crippen LogP contribution in [0.2, 0.25) is 0 Å². The Kier molecular flexibility index (Phi) is 7.09. The molecule has 186 valence electrons. The molecular weight excluding hydrogens is 456 g/mol. The molecule has 0 spiro atoms. The number of esters is 1. The van der Waals surface area contributed by atoms with E-state index in [9.17, 15) is 40.5 Å². The van der Waals surface area contributed by atoms with Crippen LogP contribution in [0.5, 0.6) is 11.5 Å². The van der Waals surface area contributed by atoms with Crippen LogP contribution in [0, 0.1) is 11.8 Å². The first-order valence-electron chi connectivity index (χ1n) is 10.6. The Balaban J connectivity index is 1.46. The van der Waals surface area contributed by atoms with E-state index in [0.29, 0.717) is 5.57 Å². The summed E-state index contributed by atoms with van der Waals surface area (Å²) in [5.74, 6) is -2.82. The minimum atomic E-state index is -1.65. The average Bonchev–Trinajstić information content (AvgIpc) is 3.16. The van der Waals surface area contributed by atoms with Crippen LogP contribution in [0.3, 0.4) is 0 Å². The maximum Gasteiger partial charge on any atom is 0.338 e. The van der Waals surface area contributed by atoms with Crippen molar-refractivity contribution >= 4 is 5.97 Å². The number of rotatable bonds is 6. The van der Waals surface area contributed by atoms with Gasteiger partial charge in [-0.25, -0.2) is 4.79 Å². The second-order valence-electron chi connectivity index (χ2n) is 8.28. The molecule has 4 rings (SSSR count). The predicted molar refractivity (Wildman–Crippen MR) is 110 cm³/mol. The van der Waals surface area contributed by atoms with E-state index in [1.807, 2.05) is 0 Å².